The summed E-state index contributed by atoms with van der Waals surface area (Å²) in [6, 6.07) is 0.634. The number of nitrogens with zero attached hydrogens (tertiary/aromatic N) is 1. The molecule has 0 radical (unpaired) electrons. The van der Waals surface area contributed by atoms with Gasteiger partial charge in [-0.15, -0.1) is 0 Å². The summed E-state index contributed by atoms with van der Waals surface area (Å²) in [6.07, 6.45) is 5.45. The van der Waals surface area contributed by atoms with E-state index in [4.69, 9.17) is 9.84 Å². The predicted octanol–water partition coefficient (Wildman–Crippen LogP) is 1.27. The molecule has 0 bridgehead atoms. The second-order valence-corrected chi connectivity index (χ2v) is 4.52. The Labute approximate surface area is 95.9 Å². The van der Waals surface area contributed by atoms with Crippen molar-refractivity contribution in [3.63, 3.8) is 0 Å². The van der Waals surface area contributed by atoms with Gasteiger partial charge in [0.25, 0.3) is 0 Å². The number of hydrogen-bond acceptors (Lipinski definition) is 3. The van der Waals surface area contributed by atoms with Gasteiger partial charge in [-0.25, -0.2) is 4.79 Å². The normalized spacial score (nSPS) is 27.8. The minimum atomic E-state index is -0.806. The Balaban J connectivity index is 1.82. The van der Waals surface area contributed by atoms with Gasteiger partial charge in [0.15, 0.2) is 0 Å². The molecule has 0 aromatic carbocycles. The number of allylic oxidation sites excluding steroid dienone is 1. The van der Waals surface area contributed by atoms with Crippen LogP contribution < -0.4 is 0 Å². The molecule has 0 amide bonds. The van der Waals surface area contributed by atoms with Gasteiger partial charge < -0.3 is 9.84 Å². The van der Waals surface area contributed by atoms with Crippen LogP contribution in [0, 0.1) is 0 Å². The summed E-state index contributed by atoms with van der Waals surface area (Å²) in [5.74, 6) is -0.806. The third-order valence-electron chi connectivity index (χ3n) is 3.49. The van der Waals surface area contributed by atoms with Gasteiger partial charge in [0.2, 0.25) is 0 Å². The highest BCUT2D eigenvalue weighted by Gasteiger charge is 2.24. The molecular weight excluding hydrogens is 206 g/mol. The van der Waals surface area contributed by atoms with E-state index in [1.807, 2.05) is 0 Å². The fraction of sp³-hybridized carbons (Fsp3) is 0.750. The molecule has 4 heteroatoms. The Morgan fingerprint density at radius 1 is 1.31 bits per heavy atom. The Morgan fingerprint density at radius 3 is 2.50 bits per heavy atom. The number of morpholine rings is 1. The molecule has 0 atom stereocenters. The van der Waals surface area contributed by atoms with Gasteiger partial charge in [0, 0.05) is 25.2 Å². The van der Waals surface area contributed by atoms with E-state index in [1.165, 1.54) is 6.08 Å². The van der Waals surface area contributed by atoms with E-state index < -0.39 is 5.97 Å². The number of aliphatic carboxylic acids is 1. The van der Waals surface area contributed by atoms with Gasteiger partial charge in [-0.3, -0.25) is 4.90 Å². The van der Waals surface area contributed by atoms with Crippen molar-refractivity contribution in [1.82, 2.24) is 4.90 Å². The molecule has 1 heterocycles. The maximum atomic E-state index is 10.5. The van der Waals surface area contributed by atoms with Crippen LogP contribution in [-0.2, 0) is 9.53 Å². The van der Waals surface area contributed by atoms with Crippen LogP contribution in [0.2, 0.25) is 0 Å². The van der Waals surface area contributed by atoms with Crippen molar-refractivity contribution in [2.45, 2.75) is 31.7 Å². The molecule has 1 N–H and O–H groups in total. The lowest BCUT2D eigenvalue weighted by Crippen LogP contribution is -2.44. The molecule has 90 valence electrons. The molecule has 1 aliphatic heterocycles. The van der Waals surface area contributed by atoms with Crippen LogP contribution >= 0.6 is 0 Å². The number of carboxylic acids is 1. The first-order chi connectivity index (χ1) is 7.75. The maximum Gasteiger partial charge on any atom is 0.328 e. The zero-order valence-electron chi connectivity index (χ0n) is 9.52. The summed E-state index contributed by atoms with van der Waals surface area (Å²) in [5, 5.41) is 8.68. The van der Waals surface area contributed by atoms with E-state index in [1.54, 1.807) is 0 Å². The van der Waals surface area contributed by atoms with Gasteiger partial charge in [-0.1, -0.05) is 5.57 Å². The van der Waals surface area contributed by atoms with Crippen molar-refractivity contribution in [3.8, 4) is 0 Å². The minimum Gasteiger partial charge on any atom is -0.478 e. The second kappa shape index (κ2) is 5.46. The molecule has 0 spiro atoms. The molecule has 0 unspecified atom stereocenters. The van der Waals surface area contributed by atoms with E-state index in [-0.39, 0.29) is 0 Å². The number of carboxylic acid groups (broad SMARTS) is 1. The first-order valence-corrected chi connectivity index (χ1v) is 6.00. The van der Waals surface area contributed by atoms with Crippen LogP contribution in [0.15, 0.2) is 11.6 Å². The van der Waals surface area contributed by atoms with Crippen LogP contribution in [0.3, 0.4) is 0 Å². The average Bonchev–Trinajstić information content (AvgIpc) is 2.30. The van der Waals surface area contributed by atoms with E-state index in [2.05, 4.69) is 4.90 Å². The lowest BCUT2D eigenvalue weighted by atomic mass is 9.89. The van der Waals surface area contributed by atoms with Crippen molar-refractivity contribution in [2.24, 2.45) is 0 Å². The molecule has 1 saturated carbocycles. The van der Waals surface area contributed by atoms with Crippen molar-refractivity contribution >= 4 is 5.97 Å². The largest absolute Gasteiger partial charge is 0.478 e. The maximum absolute atomic E-state index is 10.5. The highest BCUT2D eigenvalue weighted by atomic mass is 16.5. The molecule has 0 aromatic heterocycles. The molecule has 16 heavy (non-hydrogen) atoms. The Hall–Kier alpha value is -0.870. The third-order valence-corrected chi connectivity index (χ3v) is 3.49. The van der Waals surface area contributed by atoms with Crippen molar-refractivity contribution in [1.29, 1.82) is 0 Å². The Morgan fingerprint density at radius 2 is 1.94 bits per heavy atom. The Bertz CT molecular complexity index is 272. The molecule has 1 saturated heterocycles. The highest BCUT2D eigenvalue weighted by molar-refractivity contribution is 5.80. The van der Waals surface area contributed by atoms with Gasteiger partial charge in [-0.2, -0.15) is 0 Å². The first kappa shape index (κ1) is 11.6. The fourth-order valence-electron chi connectivity index (χ4n) is 2.60. The summed E-state index contributed by atoms with van der Waals surface area (Å²) in [4.78, 5) is 13.0. The zero-order valence-corrected chi connectivity index (χ0v) is 9.52. The van der Waals surface area contributed by atoms with Gasteiger partial charge >= 0.3 is 5.97 Å². The van der Waals surface area contributed by atoms with Crippen LogP contribution in [0.4, 0.5) is 0 Å². The van der Waals surface area contributed by atoms with E-state index in [9.17, 15) is 4.79 Å². The standard InChI is InChI=1S/C12H19NO3/c14-12(15)9-10-1-3-11(4-2-10)13-5-7-16-8-6-13/h9,11H,1-8H2,(H,14,15). The quantitative estimate of drug-likeness (QED) is 0.719. The summed E-state index contributed by atoms with van der Waals surface area (Å²) < 4.78 is 5.33. The average molecular weight is 225 g/mol. The topological polar surface area (TPSA) is 49.8 Å². The minimum absolute atomic E-state index is 0.634. The van der Waals surface area contributed by atoms with Crippen LogP contribution in [0.25, 0.3) is 0 Å². The van der Waals surface area contributed by atoms with Crippen molar-refractivity contribution in [3.05, 3.63) is 11.6 Å². The van der Waals surface area contributed by atoms with Crippen LogP contribution in [0.1, 0.15) is 25.7 Å². The van der Waals surface area contributed by atoms with Crippen molar-refractivity contribution < 1.29 is 14.6 Å². The lowest BCUT2D eigenvalue weighted by molar-refractivity contribution is -0.131. The summed E-state index contributed by atoms with van der Waals surface area (Å²) in [5.41, 5.74) is 1.09. The summed E-state index contributed by atoms with van der Waals surface area (Å²) in [7, 11) is 0. The fourth-order valence-corrected chi connectivity index (χ4v) is 2.60. The third kappa shape index (κ3) is 3.06. The smallest absolute Gasteiger partial charge is 0.328 e. The molecule has 4 nitrogen and oxygen atoms in total. The summed E-state index contributed by atoms with van der Waals surface area (Å²) >= 11 is 0. The van der Waals surface area contributed by atoms with E-state index in [0.29, 0.717) is 6.04 Å². The molecule has 2 aliphatic rings. The number of carbonyl (C=O) groups is 1. The Kier molecular flexibility index (Phi) is 3.96. The summed E-state index contributed by atoms with van der Waals surface area (Å²) in [6.45, 7) is 3.74. The molecule has 2 fully saturated rings. The predicted molar refractivity (Wildman–Crippen MR) is 60.4 cm³/mol. The lowest BCUT2D eigenvalue weighted by Gasteiger charge is -2.37. The van der Waals surface area contributed by atoms with E-state index in [0.717, 1.165) is 57.6 Å². The number of hydrogen-bond donors (Lipinski definition) is 1. The number of ether oxygens (including phenoxy) is 1. The first-order valence-electron chi connectivity index (χ1n) is 6.00. The zero-order chi connectivity index (χ0) is 11.4. The number of rotatable bonds is 2. The second-order valence-electron chi connectivity index (χ2n) is 4.52. The molecule has 1 aliphatic carbocycles. The van der Waals surface area contributed by atoms with Crippen molar-refractivity contribution in [2.75, 3.05) is 26.3 Å². The monoisotopic (exact) mass is 225 g/mol. The van der Waals surface area contributed by atoms with Gasteiger partial charge in [0.05, 0.1) is 13.2 Å². The van der Waals surface area contributed by atoms with Crippen LogP contribution in [0.5, 0.6) is 0 Å². The van der Waals surface area contributed by atoms with Gasteiger partial charge in [0.1, 0.15) is 0 Å². The highest BCUT2D eigenvalue weighted by Crippen LogP contribution is 2.27. The van der Waals surface area contributed by atoms with Crippen LogP contribution in [-0.4, -0.2) is 48.3 Å². The SMILES string of the molecule is O=C(O)C=C1CCC(N2CCOCC2)CC1. The molecule has 0 aromatic rings. The molecule has 2 rings (SSSR count). The molecular formula is C12H19NO3. The van der Waals surface area contributed by atoms with E-state index >= 15 is 0 Å². The van der Waals surface area contributed by atoms with Gasteiger partial charge in [-0.05, 0) is 25.7 Å².